The monoisotopic (exact) mass is 322 g/mol. The van der Waals surface area contributed by atoms with E-state index in [2.05, 4.69) is 5.32 Å². The first-order valence-corrected chi connectivity index (χ1v) is 8.31. The number of rotatable bonds is 5. The minimum Gasteiger partial charge on any atom is -0.338 e. The highest BCUT2D eigenvalue weighted by Crippen LogP contribution is 2.29. The van der Waals surface area contributed by atoms with Gasteiger partial charge >= 0.3 is 0 Å². The van der Waals surface area contributed by atoms with E-state index in [0.29, 0.717) is 13.1 Å². The molecular weight excluding hydrogens is 300 g/mol. The van der Waals surface area contributed by atoms with Gasteiger partial charge in [0, 0.05) is 25.2 Å². The molecule has 24 heavy (non-hydrogen) atoms. The normalized spacial score (nSPS) is 20.2. The highest BCUT2D eigenvalue weighted by atomic mass is 16.2. The minimum absolute atomic E-state index is 0.0783. The van der Waals surface area contributed by atoms with Crippen molar-refractivity contribution in [3.05, 3.63) is 66.2 Å². The maximum absolute atomic E-state index is 12.7. The van der Waals surface area contributed by atoms with Crippen LogP contribution in [0.3, 0.4) is 0 Å². The number of para-hydroxylation sites is 1. The zero-order valence-electron chi connectivity index (χ0n) is 13.8. The van der Waals surface area contributed by atoms with Crippen molar-refractivity contribution in [1.29, 1.82) is 0 Å². The fourth-order valence-electron chi connectivity index (χ4n) is 3.21. The Balaban J connectivity index is 1.60. The molecule has 1 aliphatic rings. The second kappa shape index (κ2) is 7.30. The zero-order chi connectivity index (χ0) is 16.9. The van der Waals surface area contributed by atoms with E-state index in [9.17, 15) is 9.59 Å². The van der Waals surface area contributed by atoms with Crippen LogP contribution in [0.1, 0.15) is 18.9 Å². The van der Waals surface area contributed by atoms with E-state index in [1.54, 1.807) is 0 Å². The second-order valence-corrected chi connectivity index (χ2v) is 6.41. The van der Waals surface area contributed by atoms with Crippen LogP contribution in [0.5, 0.6) is 0 Å². The van der Waals surface area contributed by atoms with Crippen molar-refractivity contribution in [2.24, 2.45) is 11.8 Å². The number of anilines is 1. The summed E-state index contributed by atoms with van der Waals surface area (Å²) in [6.07, 6.45) is 0.236. The van der Waals surface area contributed by atoms with Gasteiger partial charge in [-0.1, -0.05) is 55.5 Å². The molecule has 2 aromatic carbocycles. The van der Waals surface area contributed by atoms with Crippen molar-refractivity contribution < 1.29 is 9.59 Å². The Bertz CT molecular complexity index is 700. The average Bonchev–Trinajstić information content (AvgIpc) is 2.84. The summed E-state index contributed by atoms with van der Waals surface area (Å²) in [5.41, 5.74) is 1.88. The van der Waals surface area contributed by atoms with E-state index in [4.69, 9.17) is 0 Å². The fourth-order valence-corrected chi connectivity index (χ4v) is 3.21. The first kappa shape index (κ1) is 16.2. The third-order valence-electron chi connectivity index (χ3n) is 4.50. The molecule has 4 heteroatoms. The van der Waals surface area contributed by atoms with Gasteiger partial charge in [-0.05, 0) is 23.6 Å². The van der Waals surface area contributed by atoms with Crippen molar-refractivity contribution in [3.8, 4) is 0 Å². The first-order valence-electron chi connectivity index (χ1n) is 8.31. The third kappa shape index (κ3) is 3.82. The van der Waals surface area contributed by atoms with Crippen molar-refractivity contribution >= 4 is 17.5 Å². The number of hydrogen-bond acceptors (Lipinski definition) is 2. The van der Waals surface area contributed by atoms with Gasteiger partial charge in [-0.25, -0.2) is 0 Å². The number of hydrogen-bond donors (Lipinski definition) is 1. The molecule has 1 N–H and O–H groups in total. The summed E-state index contributed by atoms with van der Waals surface area (Å²) in [4.78, 5) is 26.8. The maximum Gasteiger partial charge on any atom is 0.226 e. The number of nitrogens with one attached hydrogen (secondary N) is 1. The van der Waals surface area contributed by atoms with Crippen LogP contribution in [0, 0.1) is 11.8 Å². The van der Waals surface area contributed by atoms with Gasteiger partial charge in [0.25, 0.3) is 0 Å². The summed E-state index contributed by atoms with van der Waals surface area (Å²) in [5, 5.41) is 2.86. The smallest absolute Gasteiger partial charge is 0.226 e. The van der Waals surface area contributed by atoms with Gasteiger partial charge in [0.2, 0.25) is 11.8 Å². The molecule has 1 fully saturated rings. The van der Waals surface area contributed by atoms with Crippen LogP contribution in [0.15, 0.2) is 60.7 Å². The van der Waals surface area contributed by atoms with Crippen molar-refractivity contribution in [1.82, 2.24) is 4.90 Å². The van der Waals surface area contributed by atoms with Gasteiger partial charge in [0.1, 0.15) is 0 Å². The summed E-state index contributed by atoms with van der Waals surface area (Å²) in [6, 6.07) is 19.3. The Morgan fingerprint density at radius 1 is 1.08 bits per heavy atom. The number of amides is 2. The molecule has 1 saturated heterocycles. The van der Waals surface area contributed by atoms with Crippen LogP contribution in [-0.4, -0.2) is 23.3 Å². The van der Waals surface area contributed by atoms with Crippen molar-refractivity contribution in [2.75, 3.05) is 11.9 Å². The third-order valence-corrected chi connectivity index (χ3v) is 4.50. The standard InChI is InChI=1S/C20H22N2O2/c1-15-13-22(14-16-8-4-2-5-9-16)20(24)18(15)12-19(23)21-17-10-6-3-7-11-17/h2-11,15,18H,12-14H2,1H3,(H,21,23)/t15-,18-/m0/s1. The molecular formula is C20H22N2O2. The molecule has 4 nitrogen and oxygen atoms in total. The molecule has 124 valence electrons. The second-order valence-electron chi connectivity index (χ2n) is 6.41. The van der Waals surface area contributed by atoms with E-state index in [-0.39, 0.29) is 30.1 Å². The van der Waals surface area contributed by atoms with E-state index in [0.717, 1.165) is 11.3 Å². The Morgan fingerprint density at radius 2 is 1.71 bits per heavy atom. The lowest BCUT2D eigenvalue weighted by molar-refractivity contribution is -0.133. The first-order chi connectivity index (χ1) is 11.6. The lowest BCUT2D eigenvalue weighted by Crippen LogP contribution is -2.28. The number of likely N-dealkylation sites (tertiary alicyclic amines) is 1. The molecule has 0 bridgehead atoms. The molecule has 0 spiro atoms. The molecule has 1 aliphatic heterocycles. The van der Waals surface area contributed by atoms with Crippen LogP contribution in [0.2, 0.25) is 0 Å². The van der Waals surface area contributed by atoms with E-state index in [1.165, 1.54) is 0 Å². The summed E-state index contributed by atoms with van der Waals surface area (Å²) in [7, 11) is 0. The van der Waals surface area contributed by atoms with Gasteiger partial charge in [-0.15, -0.1) is 0 Å². The van der Waals surface area contributed by atoms with Crippen molar-refractivity contribution in [2.45, 2.75) is 19.9 Å². The highest BCUT2D eigenvalue weighted by Gasteiger charge is 2.38. The molecule has 3 rings (SSSR count). The summed E-state index contributed by atoms with van der Waals surface area (Å²) in [5.74, 6) is -0.0808. The zero-order valence-corrected chi connectivity index (χ0v) is 13.8. The number of nitrogens with zero attached hydrogens (tertiary/aromatic N) is 1. The molecule has 2 atom stereocenters. The van der Waals surface area contributed by atoms with Crippen LogP contribution in [-0.2, 0) is 16.1 Å². The summed E-state index contributed by atoms with van der Waals surface area (Å²) < 4.78 is 0. The lowest BCUT2D eigenvalue weighted by Gasteiger charge is -2.16. The number of benzene rings is 2. The van der Waals surface area contributed by atoms with Crippen molar-refractivity contribution in [3.63, 3.8) is 0 Å². The largest absolute Gasteiger partial charge is 0.338 e. The Kier molecular flexibility index (Phi) is 4.94. The van der Waals surface area contributed by atoms with Gasteiger partial charge < -0.3 is 10.2 Å². The maximum atomic E-state index is 12.7. The number of carbonyl (C=O) groups is 2. The molecule has 2 amide bonds. The molecule has 0 saturated carbocycles. The molecule has 0 aromatic heterocycles. The minimum atomic E-state index is -0.238. The van der Waals surface area contributed by atoms with Crippen LogP contribution >= 0.6 is 0 Å². The molecule has 0 aliphatic carbocycles. The van der Waals surface area contributed by atoms with Crippen LogP contribution in [0.25, 0.3) is 0 Å². The molecule has 0 radical (unpaired) electrons. The SMILES string of the molecule is C[C@H]1CN(Cc2ccccc2)C(=O)[C@H]1CC(=O)Nc1ccccc1. The Labute approximate surface area is 142 Å². The van der Waals surface area contributed by atoms with E-state index >= 15 is 0 Å². The predicted octanol–water partition coefficient (Wildman–Crippen LogP) is 3.31. The fraction of sp³-hybridized carbons (Fsp3) is 0.300. The number of carbonyl (C=O) groups excluding carboxylic acids is 2. The average molecular weight is 322 g/mol. The van der Waals surface area contributed by atoms with Gasteiger partial charge in [0.05, 0.1) is 5.92 Å². The van der Waals surface area contributed by atoms with Crippen LogP contribution < -0.4 is 5.32 Å². The predicted molar refractivity (Wildman–Crippen MR) is 94.2 cm³/mol. The van der Waals surface area contributed by atoms with Gasteiger partial charge in [-0.3, -0.25) is 9.59 Å². The Hall–Kier alpha value is -2.62. The quantitative estimate of drug-likeness (QED) is 0.918. The van der Waals surface area contributed by atoms with E-state index in [1.807, 2.05) is 72.5 Å². The molecule has 1 heterocycles. The molecule has 0 unspecified atom stereocenters. The van der Waals surface area contributed by atoms with E-state index < -0.39 is 0 Å². The van der Waals surface area contributed by atoms with Gasteiger partial charge in [-0.2, -0.15) is 0 Å². The summed E-state index contributed by atoms with van der Waals surface area (Å²) in [6.45, 7) is 3.36. The van der Waals surface area contributed by atoms with Gasteiger partial charge in [0.15, 0.2) is 0 Å². The lowest BCUT2D eigenvalue weighted by atomic mass is 9.94. The topological polar surface area (TPSA) is 49.4 Å². The molecule has 2 aromatic rings. The highest BCUT2D eigenvalue weighted by molar-refractivity contribution is 5.94. The Morgan fingerprint density at radius 3 is 2.38 bits per heavy atom. The summed E-state index contributed by atoms with van der Waals surface area (Å²) >= 11 is 0. The van der Waals surface area contributed by atoms with Crippen LogP contribution in [0.4, 0.5) is 5.69 Å².